The first kappa shape index (κ1) is 17.4. The van der Waals surface area contributed by atoms with Crippen molar-refractivity contribution in [1.29, 1.82) is 0 Å². The van der Waals surface area contributed by atoms with E-state index < -0.39 is 26.8 Å². The second-order valence-corrected chi connectivity index (χ2v) is 7.41. The van der Waals surface area contributed by atoms with Crippen molar-refractivity contribution in [3.05, 3.63) is 33.9 Å². The van der Waals surface area contributed by atoms with Crippen molar-refractivity contribution in [2.24, 2.45) is 11.7 Å². The van der Waals surface area contributed by atoms with Crippen LogP contribution in [-0.4, -0.2) is 36.6 Å². The Bertz CT molecular complexity index is 732. The summed E-state index contributed by atoms with van der Waals surface area (Å²) in [5, 5.41) is 10.9. The maximum absolute atomic E-state index is 12.9. The lowest BCUT2D eigenvalue weighted by Gasteiger charge is -2.30. The number of carbonyl (C=O) groups is 1. The van der Waals surface area contributed by atoms with Crippen molar-refractivity contribution in [3.8, 4) is 0 Å². The number of primary amides is 1. The van der Waals surface area contributed by atoms with Crippen LogP contribution in [0.3, 0.4) is 0 Å². The van der Waals surface area contributed by atoms with Crippen LogP contribution in [0.1, 0.15) is 25.3 Å². The Balaban J connectivity index is 2.44. The number of non-ortho nitro benzene ring substituents is 1. The Hall–Kier alpha value is -2.00. The molecule has 0 radical (unpaired) electrons. The molecule has 23 heavy (non-hydrogen) atoms. The highest BCUT2D eigenvalue weighted by Crippen LogP contribution is 2.28. The third-order valence-corrected chi connectivity index (χ3v) is 5.99. The fourth-order valence-electron chi connectivity index (χ4n) is 2.72. The molecule has 1 heterocycles. The average molecular weight is 341 g/mol. The number of rotatable bonds is 5. The van der Waals surface area contributed by atoms with E-state index in [0.29, 0.717) is 24.8 Å². The van der Waals surface area contributed by atoms with Gasteiger partial charge in [-0.25, -0.2) is 8.42 Å². The van der Waals surface area contributed by atoms with E-state index in [1.54, 1.807) is 6.92 Å². The van der Waals surface area contributed by atoms with Gasteiger partial charge in [0.2, 0.25) is 15.9 Å². The summed E-state index contributed by atoms with van der Waals surface area (Å²) in [6.07, 6.45) is 1.51. The molecule has 0 saturated carbocycles. The zero-order valence-corrected chi connectivity index (χ0v) is 13.6. The van der Waals surface area contributed by atoms with Gasteiger partial charge in [0, 0.05) is 25.2 Å². The minimum atomic E-state index is -3.91. The van der Waals surface area contributed by atoms with Crippen LogP contribution in [0, 0.1) is 16.0 Å². The normalized spacial score (nSPS) is 19.4. The number of nitrogens with zero attached hydrogens (tertiary/aromatic N) is 2. The second-order valence-electron chi connectivity index (χ2n) is 5.51. The van der Waals surface area contributed by atoms with Crippen LogP contribution in [0.2, 0.25) is 0 Å². The van der Waals surface area contributed by atoms with Gasteiger partial charge in [0.15, 0.2) is 0 Å². The first-order chi connectivity index (χ1) is 10.8. The second kappa shape index (κ2) is 6.63. The molecule has 1 atom stereocenters. The number of nitrogens with two attached hydrogens (primary N) is 1. The van der Waals surface area contributed by atoms with Crippen LogP contribution >= 0.6 is 0 Å². The van der Waals surface area contributed by atoms with Crippen molar-refractivity contribution in [2.75, 3.05) is 13.1 Å². The van der Waals surface area contributed by atoms with Gasteiger partial charge in [0.05, 0.1) is 15.7 Å². The van der Waals surface area contributed by atoms with Crippen molar-refractivity contribution in [2.45, 2.75) is 31.1 Å². The van der Waals surface area contributed by atoms with Gasteiger partial charge in [-0.05, 0) is 24.8 Å². The van der Waals surface area contributed by atoms with Crippen molar-refractivity contribution in [1.82, 2.24) is 4.31 Å². The third-order valence-electron chi connectivity index (χ3n) is 4.05. The summed E-state index contributed by atoms with van der Waals surface area (Å²) in [6, 6.07) is 3.84. The van der Waals surface area contributed by atoms with Gasteiger partial charge in [-0.15, -0.1) is 0 Å². The van der Waals surface area contributed by atoms with E-state index in [9.17, 15) is 23.3 Å². The highest BCUT2D eigenvalue weighted by atomic mass is 32.2. The molecule has 8 nitrogen and oxygen atoms in total. The Kier molecular flexibility index (Phi) is 5.00. The summed E-state index contributed by atoms with van der Waals surface area (Å²) >= 11 is 0. The Labute approximate surface area is 134 Å². The lowest BCUT2D eigenvalue weighted by Crippen LogP contribution is -2.44. The lowest BCUT2D eigenvalue weighted by molar-refractivity contribution is -0.385. The number of piperidine rings is 1. The van der Waals surface area contributed by atoms with Gasteiger partial charge in [-0.3, -0.25) is 14.9 Å². The van der Waals surface area contributed by atoms with Crippen molar-refractivity contribution >= 4 is 21.6 Å². The van der Waals surface area contributed by atoms with Crippen LogP contribution in [0.25, 0.3) is 0 Å². The van der Waals surface area contributed by atoms with Gasteiger partial charge >= 0.3 is 0 Å². The number of carbonyl (C=O) groups excluding carboxylic acids is 1. The van der Waals surface area contributed by atoms with E-state index in [-0.39, 0.29) is 23.7 Å². The van der Waals surface area contributed by atoms with Crippen LogP contribution in [0.5, 0.6) is 0 Å². The van der Waals surface area contributed by atoms with E-state index >= 15 is 0 Å². The maximum Gasteiger partial charge on any atom is 0.270 e. The summed E-state index contributed by atoms with van der Waals surface area (Å²) in [5.74, 6) is -1.05. The number of hydrogen-bond donors (Lipinski definition) is 1. The molecule has 9 heteroatoms. The number of nitro groups is 1. The number of amides is 1. The van der Waals surface area contributed by atoms with Crippen LogP contribution in [0.4, 0.5) is 5.69 Å². The van der Waals surface area contributed by atoms with Gasteiger partial charge in [-0.2, -0.15) is 4.31 Å². The van der Waals surface area contributed by atoms with E-state index in [4.69, 9.17) is 5.73 Å². The third kappa shape index (κ3) is 3.50. The predicted molar refractivity (Wildman–Crippen MR) is 83.2 cm³/mol. The number of nitro benzene ring substituents is 1. The number of aryl methyl sites for hydroxylation is 1. The summed E-state index contributed by atoms with van der Waals surface area (Å²) in [6.45, 7) is 2.07. The summed E-state index contributed by atoms with van der Waals surface area (Å²) in [4.78, 5) is 21.6. The largest absolute Gasteiger partial charge is 0.369 e. The number of sulfonamides is 1. The topological polar surface area (TPSA) is 124 Å². The molecule has 1 aromatic rings. The Morgan fingerprint density at radius 2 is 2.17 bits per heavy atom. The quantitative estimate of drug-likeness (QED) is 0.633. The molecule has 0 spiro atoms. The van der Waals surface area contributed by atoms with Gasteiger partial charge in [0.25, 0.3) is 5.69 Å². The van der Waals surface area contributed by atoms with E-state index in [0.717, 1.165) is 6.07 Å². The standard InChI is InChI=1S/C14H19N3O5S/c1-2-10-5-6-12(17(19)20)8-13(10)23(21,22)16-7-3-4-11(9-16)14(15)18/h5-6,8,11H,2-4,7,9H2,1H3,(H2,15,18). The van der Waals surface area contributed by atoms with Crippen LogP contribution in [0.15, 0.2) is 23.1 Å². The summed E-state index contributed by atoms with van der Waals surface area (Å²) in [7, 11) is -3.91. The Morgan fingerprint density at radius 3 is 2.74 bits per heavy atom. The molecule has 2 N–H and O–H groups in total. The smallest absolute Gasteiger partial charge is 0.270 e. The molecular formula is C14H19N3O5S. The van der Waals surface area contributed by atoms with E-state index in [1.807, 2.05) is 0 Å². The molecule has 0 aromatic heterocycles. The predicted octanol–water partition coefficient (Wildman–Crippen LogP) is 1.04. The molecule has 1 aliphatic heterocycles. The zero-order valence-electron chi connectivity index (χ0n) is 12.8. The van der Waals surface area contributed by atoms with E-state index in [2.05, 4.69) is 0 Å². The number of benzene rings is 1. The lowest BCUT2D eigenvalue weighted by atomic mass is 9.99. The number of hydrogen-bond acceptors (Lipinski definition) is 5. The molecule has 2 rings (SSSR count). The molecule has 1 amide bonds. The van der Waals surface area contributed by atoms with Crippen molar-refractivity contribution < 1.29 is 18.1 Å². The maximum atomic E-state index is 12.9. The highest BCUT2D eigenvalue weighted by Gasteiger charge is 2.34. The van der Waals surface area contributed by atoms with Gasteiger partial charge in [-0.1, -0.05) is 13.0 Å². The fraction of sp³-hybridized carbons (Fsp3) is 0.500. The monoisotopic (exact) mass is 341 g/mol. The molecular weight excluding hydrogens is 322 g/mol. The molecule has 1 aromatic carbocycles. The first-order valence-electron chi connectivity index (χ1n) is 7.34. The van der Waals surface area contributed by atoms with E-state index in [1.165, 1.54) is 16.4 Å². The van der Waals surface area contributed by atoms with Gasteiger partial charge < -0.3 is 5.73 Å². The SMILES string of the molecule is CCc1ccc([N+](=O)[O-])cc1S(=O)(=O)N1CCCC(C(N)=O)C1. The van der Waals surface area contributed by atoms with Crippen LogP contribution < -0.4 is 5.73 Å². The molecule has 0 aliphatic carbocycles. The summed E-state index contributed by atoms with van der Waals surface area (Å²) < 4.78 is 26.9. The Morgan fingerprint density at radius 1 is 1.48 bits per heavy atom. The molecule has 1 saturated heterocycles. The highest BCUT2D eigenvalue weighted by molar-refractivity contribution is 7.89. The molecule has 1 fully saturated rings. The minimum absolute atomic E-state index is 0.0174. The average Bonchev–Trinajstić information content (AvgIpc) is 2.54. The fourth-order valence-corrected chi connectivity index (χ4v) is 4.56. The van der Waals surface area contributed by atoms with Crippen molar-refractivity contribution in [3.63, 3.8) is 0 Å². The first-order valence-corrected chi connectivity index (χ1v) is 8.78. The molecule has 1 unspecified atom stereocenters. The molecule has 126 valence electrons. The summed E-state index contributed by atoms with van der Waals surface area (Å²) in [5.41, 5.74) is 5.52. The zero-order chi connectivity index (χ0) is 17.2. The van der Waals surface area contributed by atoms with Crippen LogP contribution in [-0.2, 0) is 21.2 Å². The molecule has 1 aliphatic rings. The minimum Gasteiger partial charge on any atom is -0.369 e. The van der Waals surface area contributed by atoms with Gasteiger partial charge in [0.1, 0.15) is 0 Å². The molecule has 0 bridgehead atoms.